The average Bonchev–Trinajstić information content (AvgIpc) is 2.37. The van der Waals surface area contributed by atoms with Crippen molar-refractivity contribution in [3.8, 4) is 0 Å². The van der Waals surface area contributed by atoms with Gasteiger partial charge in [-0.25, -0.2) is 4.79 Å². The van der Waals surface area contributed by atoms with Crippen LogP contribution in [0.5, 0.6) is 0 Å². The second kappa shape index (κ2) is 6.89. The molecule has 0 heterocycles. The molecule has 104 valence electrons. The van der Waals surface area contributed by atoms with Crippen LogP contribution in [-0.4, -0.2) is 43.5 Å². The van der Waals surface area contributed by atoms with Gasteiger partial charge < -0.3 is 10.1 Å². The molecule has 0 radical (unpaired) electrons. The Kier molecular flexibility index (Phi) is 5.51. The van der Waals surface area contributed by atoms with Gasteiger partial charge in [-0.3, -0.25) is 9.69 Å². The van der Waals surface area contributed by atoms with Gasteiger partial charge in [-0.05, 0) is 39.1 Å². The molecule has 0 fully saturated rings. The number of hydrogen-bond donors (Lipinski definition) is 1. The van der Waals surface area contributed by atoms with Gasteiger partial charge in [-0.1, -0.05) is 6.07 Å². The molecule has 1 aromatic rings. The lowest BCUT2D eigenvalue weighted by Gasteiger charge is -2.20. The fourth-order valence-corrected chi connectivity index (χ4v) is 1.45. The van der Waals surface area contributed by atoms with E-state index in [2.05, 4.69) is 10.1 Å². The fraction of sp³-hybridized carbons (Fsp3) is 0.429. The summed E-state index contributed by atoms with van der Waals surface area (Å²) in [6.07, 6.45) is 0. The first kappa shape index (κ1) is 15.2. The predicted molar refractivity (Wildman–Crippen MR) is 74.2 cm³/mol. The van der Waals surface area contributed by atoms with E-state index in [1.54, 1.807) is 24.3 Å². The summed E-state index contributed by atoms with van der Waals surface area (Å²) < 4.78 is 4.63. The van der Waals surface area contributed by atoms with E-state index in [0.29, 0.717) is 23.8 Å². The molecular formula is C14H20N2O3. The van der Waals surface area contributed by atoms with Crippen LogP contribution in [0.1, 0.15) is 24.2 Å². The minimum atomic E-state index is -0.421. The summed E-state index contributed by atoms with van der Waals surface area (Å²) in [7, 11) is 3.21. The summed E-state index contributed by atoms with van der Waals surface area (Å²) in [4.78, 5) is 25.1. The smallest absolute Gasteiger partial charge is 0.337 e. The molecule has 0 aliphatic heterocycles. The number of methoxy groups -OCH3 is 1. The van der Waals surface area contributed by atoms with E-state index in [-0.39, 0.29) is 5.91 Å². The maximum Gasteiger partial charge on any atom is 0.337 e. The Morgan fingerprint density at radius 2 is 2.05 bits per heavy atom. The SMILES string of the molecule is COC(=O)c1cccc(NC(=O)CN(C)C(C)C)c1. The molecule has 0 saturated carbocycles. The van der Waals surface area contributed by atoms with E-state index in [4.69, 9.17) is 0 Å². The highest BCUT2D eigenvalue weighted by Gasteiger charge is 2.11. The third-order valence-electron chi connectivity index (χ3n) is 2.84. The number of likely N-dealkylation sites (N-methyl/N-ethyl adjacent to an activating group) is 1. The Labute approximate surface area is 113 Å². The summed E-state index contributed by atoms with van der Waals surface area (Å²) in [6.45, 7) is 4.34. The van der Waals surface area contributed by atoms with Gasteiger partial charge in [0.25, 0.3) is 0 Å². The summed E-state index contributed by atoms with van der Waals surface area (Å²) in [5, 5.41) is 2.76. The molecular weight excluding hydrogens is 244 g/mol. The molecule has 0 atom stereocenters. The fourth-order valence-electron chi connectivity index (χ4n) is 1.45. The minimum Gasteiger partial charge on any atom is -0.465 e. The number of ether oxygens (including phenoxy) is 1. The van der Waals surface area contributed by atoms with Gasteiger partial charge in [0.15, 0.2) is 0 Å². The van der Waals surface area contributed by atoms with Crippen molar-refractivity contribution >= 4 is 17.6 Å². The van der Waals surface area contributed by atoms with E-state index >= 15 is 0 Å². The topological polar surface area (TPSA) is 58.6 Å². The molecule has 5 heteroatoms. The molecule has 1 N–H and O–H groups in total. The van der Waals surface area contributed by atoms with Crippen LogP contribution in [0.4, 0.5) is 5.69 Å². The van der Waals surface area contributed by atoms with E-state index in [9.17, 15) is 9.59 Å². The van der Waals surface area contributed by atoms with E-state index in [0.717, 1.165) is 0 Å². The number of hydrogen-bond acceptors (Lipinski definition) is 4. The maximum absolute atomic E-state index is 11.8. The van der Waals surface area contributed by atoms with E-state index in [1.807, 2.05) is 25.8 Å². The number of carbonyl (C=O) groups is 2. The van der Waals surface area contributed by atoms with Crippen molar-refractivity contribution in [3.63, 3.8) is 0 Å². The third kappa shape index (κ3) is 4.71. The second-order valence-electron chi connectivity index (χ2n) is 4.63. The Morgan fingerprint density at radius 1 is 1.37 bits per heavy atom. The van der Waals surface area contributed by atoms with Gasteiger partial charge >= 0.3 is 5.97 Å². The molecule has 0 aliphatic carbocycles. The standard InChI is InChI=1S/C14H20N2O3/c1-10(2)16(3)9-13(17)15-12-7-5-6-11(8-12)14(18)19-4/h5-8,10H,9H2,1-4H3,(H,15,17). The van der Waals surface area contributed by atoms with Gasteiger partial charge in [-0.2, -0.15) is 0 Å². The number of amides is 1. The van der Waals surface area contributed by atoms with Gasteiger partial charge in [0.05, 0.1) is 19.2 Å². The quantitative estimate of drug-likeness (QED) is 0.823. The van der Waals surface area contributed by atoms with Crippen molar-refractivity contribution in [1.82, 2.24) is 4.90 Å². The molecule has 1 amide bonds. The first-order valence-corrected chi connectivity index (χ1v) is 6.12. The summed E-state index contributed by atoms with van der Waals surface area (Å²) in [6, 6.07) is 6.97. The molecule has 0 saturated heterocycles. The Morgan fingerprint density at radius 3 is 2.63 bits per heavy atom. The van der Waals surface area contributed by atoms with Crippen LogP contribution in [0, 0.1) is 0 Å². The first-order chi connectivity index (χ1) is 8.93. The van der Waals surface area contributed by atoms with Gasteiger partial charge in [-0.15, -0.1) is 0 Å². The second-order valence-corrected chi connectivity index (χ2v) is 4.63. The molecule has 0 bridgehead atoms. The summed E-state index contributed by atoms with van der Waals surface area (Å²) >= 11 is 0. The molecule has 5 nitrogen and oxygen atoms in total. The lowest BCUT2D eigenvalue weighted by molar-refractivity contribution is -0.117. The largest absolute Gasteiger partial charge is 0.465 e. The van der Waals surface area contributed by atoms with Gasteiger partial charge in [0, 0.05) is 11.7 Å². The molecule has 0 unspecified atom stereocenters. The molecule has 1 rings (SSSR count). The van der Waals surface area contributed by atoms with Gasteiger partial charge in [0.1, 0.15) is 0 Å². The molecule has 19 heavy (non-hydrogen) atoms. The molecule has 1 aromatic carbocycles. The summed E-state index contributed by atoms with van der Waals surface area (Å²) in [5.41, 5.74) is 1.00. The van der Waals surface area contributed by atoms with Crippen molar-refractivity contribution in [3.05, 3.63) is 29.8 Å². The molecule has 0 aromatic heterocycles. The summed E-state index contributed by atoms with van der Waals surface area (Å²) in [5.74, 6) is -0.534. The zero-order chi connectivity index (χ0) is 14.4. The lowest BCUT2D eigenvalue weighted by atomic mass is 10.2. The first-order valence-electron chi connectivity index (χ1n) is 6.12. The zero-order valence-electron chi connectivity index (χ0n) is 11.8. The number of rotatable bonds is 5. The van der Waals surface area contributed by atoms with Crippen LogP contribution >= 0.6 is 0 Å². The van der Waals surface area contributed by atoms with Crippen LogP contribution in [0.15, 0.2) is 24.3 Å². The van der Waals surface area contributed by atoms with Crippen LogP contribution < -0.4 is 5.32 Å². The highest BCUT2D eigenvalue weighted by atomic mass is 16.5. The average molecular weight is 264 g/mol. The van der Waals surface area contributed by atoms with Crippen molar-refractivity contribution in [2.24, 2.45) is 0 Å². The zero-order valence-corrected chi connectivity index (χ0v) is 11.8. The Balaban J connectivity index is 2.67. The van der Waals surface area contributed by atoms with Gasteiger partial charge in [0.2, 0.25) is 5.91 Å². The van der Waals surface area contributed by atoms with Crippen LogP contribution in [0.25, 0.3) is 0 Å². The monoisotopic (exact) mass is 264 g/mol. The Hall–Kier alpha value is -1.88. The molecule has 0 spiro atoms. The van der Waals surface area contributed by atoms with Crippen LogP contribution in [-0.2, 0) is 9.53 Å². The normalized spacial score (nSPS) is 10.6. The predicted octanol–water partition coefficient (Wildman–Crippen LogP) is 1.75. The number of nitrogens with zero attached hydrogens (tertiary/aromatic N) is 1. The van der Waals surface area contributed by atoms with Crippen LogP contribution in [0.2, 0.25) is 0 Å². The third-order valence-corrected chi connectivity index (χ3v) is 2.84. The number of esters is 1. The van der Waals surface area contributed by atoms with Crippen molar-refractivity contribution < 1.29 is 14.3 Å². The number of nitrogens with one attached hydrogen (secondary N) is 1. The van der Waals surface area contributed by atoms with E-state index < -0.39 is 5.97 Å². The minimum absolute atomic E-state index is 0.113. The maximum atomic E-state index is 11.8. The number of carbonyl (C=O) groups excluding carboxylic acids is 2. The highest BCUT2D eigenvalue weighted by Crippen LogP contribution is 2.11. The number of benzene rings is 1. The lowest BCUT2D eigenvalue weighted by Crippen LogP contribution is -2.34. The van der Waals surface area contributed by atoms with Crippen LogP contribution in [0.3, 0.4) is 0 Å². The molecule has 0 aliphatic rings. The van der Waals surface area contributed by atoms with Crippen molar-refractivity contribution in [1.29, 1.82) is 0 Å². The Bertz CT molecular complexity index is 458. The number of anilines is 1. The van der Waals surface area contributed by atoms with Crippen molar-refractivity contribution in [2.75, 3.05) is 26.0 Å². The van der Waals surface area contributed by atoms with E-state index in [1.165, 1.54) is 7.11 Å². The van der Waals surface area contributed by atoms with Crippen molar-refractivity contribution in [2.45, 2.75) is 19.9 Å². The highest BCUT2D eigenvalue weighted by molar-refractivity contribution is 5.95.